The molecule has 0 radical (unpaired) electrons. The first-order chi connectivity index (χ1) is 11.0. The summed E-state index contributed by atoms with van der Waals surface area (Å²) >= 11 is 0. The van der Waals surface area contributed by atoms with Gasteiger partial charge in [-0.25, -0.2) is 13.1 Å². The molecule has 1 N–H and O–H groups in total. The fourth-order valence-corrected chi connectivity index (χ4v) is 3.35. The van der Waals surface area contributed by atoms with Crippen LogP contribution in [0.15, 0.2) is 66.7 Å². The summed E-state index contributed by atoms with van der Waals surface area (Å²) < 4.78 is 26.1. The number of hydrogen-bond acceptors (Lipinski definition) is 2. The monoisotopic (exact) mass is 329 g/mol. The van der Waals surface area contributed by atoms with Gasteiger partial charge in [0.1, 0.15) is 0 Å². The van der Waals surface area contributed by atoms with E-state index in [2.05, 4.69) is 23.8 Å². The van der Waals surface area contributed by atoms with Gasteiger partial charge in [0.25, 0.3) is 0 Å². The van der Waals surface area contributed by atoms with Crippen LogP contribution in [-0.4, -0.2) is 14.7 Å². The van der Waals surface area contributed by atoms with Gasteiger partial charge < -0.3 is 0 Å². The number of sulfonamides is 1. The fourth-order valence-electron chi connectivity index (χ4n) is 2.52. The molecule has 0 aliphatic carbocycles. The fraction of sp³-hybridized carbons (Fsp3) is 0.263. The van der Waals surface area contributed by atoms with Gasteiger partial charge in [0, 0.05) is 6.04 Å². The molecule has 0 aliphatic rings. The van der Waals surface area contributed by atoms with Crippen molar-refractivity contribution in [3.05, 3.63) is 77.9 Å². The Morgan fingerprint density at radius 1 is 1.00 bits per heavy atom. The Morgan fingerprint density at radius 2 is 1.57 bits per heavy atom. The Labute approximate surface area is 139 Å². The lowest BCUT2D eigenvalue weighted by atomic mass is 9.92. The predicted molar refractivity (Wildman–Crippen MR) is 96.4 cm³/mol. The van der Waals surface area contributed by atoms with Crippen LogP contribution in [0.1, 0.15) is 30.5 Å². The van der Waals surface area contributed by atoms with Crippen LogP contribution in [0.4, 0.5) is 0 Å². The van der Waals surface area contributed by atoms with Crippen molar-refractivity contribution in [1.29, 1.82) is 0 Å². The summed E-state index contributed by atoms with van der Waals surface area (Å²) in [7, 11) is -3.27. The van der Waals surface area contributed by atoms with Crippen molar-refractivity contribution in [2.75, 3.05) is 6.26 Å². The van der Waals surface area contributed by atoms with Crippen LogP contribution in [-0.2, 0) is 10.0 Å². The Kier molecular flexibility index (Phi) is 6.13. The van der Waals surface area contributed by atoms with Crippen molar-refractivity contribution in [2.24, 2.45) is 5.92 Å². The molecule has 0 saturated carbocycles. The van der Waals surface area contributed by atoms with Crippen LogP contribution in [0.25, 0.3) is 6.08 Å². The zero-order valence-electron chi connectivity index (χ0n) is 13.5. The molecule has 23 heavy (non-hydrogen) atoms. The average molecular weight is 329 g/mol. The zero-order chi connectivity index (χ0) is 16.7. The maximum atomic E-state index is 11.7. The number of rotatable bonds is 7. The summed E-state index contributed by atoms with van der Waals surface area (Å²) in [5, 5.41) is 0. The lowest BCUT2D eigenvalue weighted by molar-refractivity contribution is 0.437. The van der Waals surface area contributed by atoms with Gasteiger partial charge >= 0.3 is 0 Å². The second-order valence-corrected chi connectivity index (χ2v) is 7.58. The Morgan fingerprint density at radius 3 is 2.13 bits per heavy atom. The first kappa shape index (κ1) is 17.4. The molecule has 0 aliphatic heterocycles. The minimum absolute atomic E-state index is 0.145. The van der Waals surface area contributed by atoms with Crippen LogP contribution in [0.2, 0.25) is 0 Å². The number of allylic oxidation sites excluding steroid dienone is 1. The highest BCUT2D eigenvalue weighted by molar-refractivity contribution is 7.88. The summed E-state index contributed by atoms with van der Waals surface area (Å²) in [5.74, 6) is 0.145. The van der Waals surface area contributed by atoms with Crippen LogP contribution in [0.5, 0.6) is 0 Å². The standard InChI is InChI=1S/C19H23NO2S/c1-16(10-9-13-17-11-5-3-6-12-17)19(20-23(2,21)22)18-14-7-4-8-15-18/h3-9,11-16,19-20H,10H2,1-2H3/b13-9+. The molecule has 0 heterocycles. The van der Waals surface area contributed by atoms with Gasteiger partial charge in [-0.15, -0.1) is 0 Å². The van der Waals surface area contributed by atoms with E-state index in [-0.39, 0.29) is 12.0 Å². The molecule has 0 amide bonds. The molecule has 4 heteroatoms. The average Bonchev–Trinajstić information content (AvgIpc) is 2.53. The second kappa shape index (κ2) is 8.09. The van der Waals surface area contributed by atoms with E-state index in [9.17, 15) is 8.42 Å². The van der Waals surface area contributed by atoms with Crippen LogP contribution in [0, 0.1) is 5.92 Å². The van der Waals surface area contributed by atoms with Crippen molar-refractivity contribution in [1.82, 2.24) is 4.72 Å². The van der Waals surface area contributed by atoms with E-state index in [1.807, 2.05) is 60.7 Å². The minimum atomic E-state index is -3.27. The van der Waals surface area contributed by atoms with Crippen molar-refractivity contribution in [3.63, 3.8) is 0 Å². The van der Waals surface area contributed by atoms with E-state index in [0.29, 0.717) is 0 Å². The molecule has 0 saturated heterocycles. The Bertz CT molecular complexity index is 724. The Hall–Kier alpha value is -1.91. The molecule has 2 rings (SSSR count). The minimum Gasteiger partial charge on any atom is -0.213 e. The molecule has 0 bridgehead atoms. The molecule has 0 aromatic heterocycles. The molecule has 2 unspecified atom stereocenters. The first-order valence-electron chi connectivity index (χ1n) is 7.69. The van der Waals surface area contributed by atoms with Crippen molar-refractivity contribution in [3.8, 4) is 0 Å². The number of hydrogen-bond donors (Lipinski definition) is 1. The third-order valence-electron chi connectivity index (χ3n) is 3.69. The predicted octanol–water partition coefficient (Wildman–Crippen LogP) is 4.02. The van der Waals surface area contributed by atoms with Gasteiger partial charge in [0.2, 0.25) is 10.0 Å². The van der Waals surface area contributed by atoms with Gasteiger partial charge in [-0.1, -0.05) is 79.7 Å². The number of nitrogens with one attached hydrogen (secondary N) is 1. The molecule has 122 valence electrons. The Balaban J connectivity index is 2.10. The second-order valence-electron chi connectivity index (χ2n) is 5.80. The summed E-state index contributed by atoms with van der Waals surface area (Å²) in [6.45, 7) is 2.06. The lowest BCUT2D eigenvalue weighted by Crippen LogP contribution is -2.31. The molecule has 0 spiro atoms. The molecule has 2 aromatic carbocycles. The first-order valence-corrected chi connectivity index (χ1v) is 9.59. The molecule has 0 fully saturated rings. The van der Waals surface area contributed by atoms with E-state index in [1.165, 1.54) is 6.26 Å². The molecule has 3 nitrogen and oxygen atoms in total. The van der Waals surface area contributed by atoms with E-state index in [4.69, 9.17) is 0 Å². The largest absolute Gasteiger partial charge is 0.213 e. The van der Waals surface area contributed by atoms with Gasteiger partial charge in [-0.05, 0) is 23.5 Å². The molecule has 2 atom stereocenters. The molecular weight excluding hydrogens is 306 g/mol. The SMILES string of the molecule is CC(C/C=C/c1ccccc1)C(NS(C)(=O)=O)c1ccccc1. The number of benzene rings is 2. The van der Waals surface area contributed by atoms with Gasteiger partial charge in [0.15, 0.2) is 0 Å². The van der Waals surface area contributed by atoms with Gasteiger partial charge in [-0.2, -0.15) is 0 Å². The normalized spacial score (nSPS) is 14.7. The lowest BCUT2D eigenvalue weighted by Gasteiger charge is -2.24. The topological polar surface area (TPSA) is 46.2 Å². The van der Waals surface area contributed by atoms with Crippen molar-refractivity contribution >= 4 is 16.1 Å². The highest BCUT2D eigenvalue weighted by Gasteiger charge is 2.21. The van der Waals surface area contributed by atoms with E-state index >= 15 is 0 Å². The third kappa shape index (κ3) is 6.00. The van der Waals surface area contributed by atoms with Gasteiger partial charge in [0.05, 0.1) is 6.26 Å². The third-order valence-corrected chi connectivity index (χ3v) is 4.37. The van der Waals surface area contributed by atoms with Crippen LogP contribution >= 0.6 is 0 Å². The quantitative estimate of drug-likeness (QED) is 0.834. The maximum absolute atomic E-state index is 11.7. The summed E-state index contributed by atoms with van der Waals surface area (Å²) in [6.07, 6.45) is 6.16. The highest BCUT2D eigenvalue weighted by Crippen LogP contribution is 2.25. The smallest absolute Gasteiger partial charge is 0.209 e. The summed E-state index contributed by atoms with van der Waals surface area (Å²) in [6, 6.07) is 19.6. The summed E-state index contributed by atoms with van der Waals surface area (Å²) in [5.41, 5.74) is 2.13. The van der Waals surface area contributed by atoms with Crippen molar-refractivity contribution in [2.45, 2.75) is 19.4 Å². The summed E-state index contributed by atoms with van der Waals surface area (Å²) in [4.78, 5) is 0. The van der Waals surface area contributed by atoms with Crippen LogP contribution in [0.3, 0.4) is 0 Å². The highest BCUT2D eigenvalue weighted by atomic mass is 32.2. The molecule has 2 aromatic rings. The molecular formula is C19H23NO2S. The van der Waals surface area contributed by atoms with Crippen molar-refractivity contribution < 1.29 is 8.42 Å². The van der Waals surface area contributed by atoms with E-state index < -0.39 is 10.0 Å². The van der Waals surface area contributed by atoms with E-state index in [1.54, 1.807) is 0 Å². The zero-order valence-corrected chi connectivity index (χ0v) is 14.3. The maximum Gasteiger partial charge on any atom is 0.209 e. The van der Waals surface area contributed by atoms with Crippen LogP contribution < -0.4 is 4.72 Å². The van der Waals surface area contributed by atoms with Gasteiger partial charge in [-0.3, -0.25) is 0 Å². The van der Waals surface area contributed by atoms with E-state index in [0.717, 1.165) is 17.5 Å².